The molecular formula is C36H39ClFN5O6S. The fourth-order valence-corrected chi connectivity index (χ4v) is 9.27. The lowest BCUT2D eigenvalue weighted by atomic mass is 9.80. The molecule has 2 atom stereocenters. The Morgan fingerprint density at radius 3 is 2.40 bits per heavy atom. The summed E-state index contributed by atoms with van der Waals surface area (Å²) in [6.07, 6.45) is 4.09. The number of likely N-dealkylation sites (tertiary alicyclic amines) is 1. The maximum atomic E-state index is 16.9. The van der Waals surface area contributed by atoms with Crippen molar-refractivity contribution in [2.24, 2.45) is 0 Å². The lowest BCUT2D eigenvalue weighted by Crippen LogP contribution is -2.55. The minimum absolute atomic E-state index is 0.134. The SMILES string of the molecule is CCN1CCN(Cc2ccc(C3(N4CCC[C@H]4c4ncco4)C(=O)N(S(=O)(=O)c4ccc(OC)cc4)c4ccc(Cl)c(F)c43)c(OC)c2)CC1. The van der Waals surface area contributed by atoms with Gasteiger partial charge in [-0.2, -0.15) is 0 Å². The van der Waals surface area contributed by atoms with Crippen LogP contribution in [-0.4, -0.2) is 87.5 Å². The molecule has 1 unspecified atom stereocenters. The number of amides is 1. The molecule has 0 N–H and O–H groups in total. The van der Waals surface area contributed by atoms with Gasteiger partial charge in [-0.25, -0.2) is 22.1 Å². The average Bonchev–Trinajstić information content (AvgIpc) is 3.89. The number of oxazole rings is 1. The maximum absolute atomic E-state index is 16.9. The predicted molar refractivity (Wildman–Crippen MR) is 185 cm³/mol. The summed E-state index contributed by atoms with van der Waals surface area (Å²) < 4.78 is 63.7. The highest BCUT2D eigenvalue weighted by Crippen LogP contribution is 2.57. The summed E-state index contributed by atoms with van der Waals surface area (Å²) in [4.78, 5) is 26.3. The summed E-state index contributed by atoms with van der Waals surface area (Å²) in [5.41, 5.74) is -1.11. The van der Waals surface area contributed by atoms with E-state index in [1.807, 2.05) is 12.1 Å². The lowest BCUT2D eigenvalue weighted by molar-refractivity contribution is -0.127. The van der Waals surface area contributed by atoms with Crippen LogP contribution < -0.4 is 13.8 Å². The Balaban J connectivity index is 1.44. The second-order valence-electron chi connectivity index (χ2n) is 12.7. The van der Waals surface area contributed by atoms with Crippen LogP contribution in [0.3, 0.4) is 0 Å². The zero-order valence-electron chi connectivity index (χ0n) is 28.1. The molecule has 50 heavy (non-hydrogen) atoms. The highest BCUT2D eigenvalue weighted by molar-refractivity contribution is 7.93. The Morgan fingerprint density at radius 2 is 1.74 bits per heavy atom. The van der Waals surface area contributed by atoms with Crippen molar-refractivity contribution in [2.75, 3.05) is 57.8 Å². The van der Waals surface area contributed by atoms with E-state index in [1.54, 1.807) is 11.0 Å². The Morgan fingerprint density at radius 1 is 1.00 bits per heavy atom. The van der Waals surface area contributed by atoms with Crippen LogP contribution in [-0.2, 0) is 26.9 Å². The summed E-state index contributed by atoms with van der Waals surface area (Å²) in [6, 6.07) is 13.3. The van der Waals surface area contributed by atoms with Gasteiger partial charge in [0.1, 0.15) is 23.6 Å². The minimum atomic E-state index is -4.59. The van der Waals surface area contributed by atoms with Gasteiger partial charge in [0.15, 0.2) is 5.54 Å². The van der Waals surface area contributed by atoms with Crippen molar-refractivity contribution in [3.8, 4) is 11.5 Å². The van der Waals surface area contributed by atoms with Crippen LogP contribution in [0.4, 0.5) is 10.1 Å². The number of ether oxygens (including phenoxy) is 2. The maximum Gasteiger partial charge on any atom is 0.271 e. The van der Waals surface area contributed by atoms with Gasteiger partial charge in [-0.3, -0.25) is 14.6 Å². The third kappa shape index (κ3) is 5.55. The fourth-order valence-electron chi connectivity index (χ4n) is 7.66. The molecular weight excluding hydrogens is 685 g/mol. The number of carbonyl (C=O) groups is 1. The highest BCUT2D eigenvalue weighted by Gasteiger charge is 2.64. The number of halogens is 2. The monoisotopic (exact) mass is 723 g/mol. The number of fused-ring (bicyclic) bond motifs is 1. The van der Waals surface area contributed by atoms with Crippen molar-refractivity contribution in [1.29, 1.82) is 0 Å². The van der Waals surface area contributed by atoms with Gasteiger partial charge in [-0.05, 0) is 67.4 Å². The van der Waals surface area contributed by atoms with Gasteiger partial charge in [-0.15, -0.1) is 0 Å². The number of sulfonamides is 1. The first kappa shape index (κ1) is 34.4. The molecule has 3 aliphatic rings. The van der Waals surface area contributed by atoms with Crippen molar-refractivity contribution >= 4 is 33.2 Å². The first-order chi connectivity index (χ1) is 24.1. The van der Waals surface area contributed by atoms with Crippen LogP contribution in [0.1, 0.15) is 48.4 Å². The molecule has 0 bridgehead atoms. The highest BCUT2D eigenvalue weighted by atomic mass is 35.5. The minimum Gasteiger partial charge on any atom is -0.497 e. The molecule has 11 nitrogen and oxygen atoms in total. The van der Waals surface area contributed by atoms with Gasteiger partial charge in [0, 0.05) is 50.4 Å². The largest absolute Gasteiger partial charge is 0.497 e. The van der Waals surface area contributed by atoms with E-state index in [2.05, 4.69) is 21.7 Å². The van der Waals surface area contributed by atoms with Crippen LogP contribution >= 0.6 is 11.6 Å². The van der Waals surface area contributed by atoms with Crippen LogP contribution in [0.15, 0.2) is 76.4 Å². The molecule has 3 aromatic carbocycles. The number of likely N-dealkylation sites (N-methyl/N-ethyl adjacent to an activating group) is 1. The van der Waals surface area contributed by atoms with E-state index < -0.39 is 33.3 Å². The molecule has 2 fully saturated rings. The van der Waals surface area contributed by atoms with Gasteiger partial charge in [0.25, 0.3) is 15.9 Å². The van der Waals surface area contributed by atoms with Gasteiger partial charge < -0.3 is 18.8 Å². The van der Waals surface area contributed by atoms with Crippen LogP contribution in [0.5, 0.6) is 11.5 Å². The molecule has 1 amide bonds. The summed E-state index contributed by atoms with van der Waals surface area (Å²) in [5.74, 6) is -0.702. The number of benzene rings is 3. The van der Waals surface area contributed by atoms with E-state index in [9.17, 15) is 8.42 Å². The summed E-state index contributed by atoms with van der Waals surface area (Å²) in [6.45, 7) is 7.85. The lowest BCUT2D eigenvalue weighted by Gasteiger charge is -2.41. The van der Waals surface area contributed by atoms with Crippen molar-refractivity contribution in [1.82, 2.24) is 19.7 Å². The number of hydrogen-bond donors (Lipinski definition) is 0. The standard InChI is InChI=1S/C36H39ClFN5O6S/c1-4-40-17-19-41(20-18-40)23-24-7-12-27(31(22-24)48-3)36(42-16-5-6-30(42)34-39-15-21-49-34)32-29(14-13-28(37)33(32)38)43(35(36)44)50(45,46)26-10-8-25(47-2)9-11-26/h7-15,21-22,30H,4-6,16-20,23H2,1-3H3/t30-,36?/m0/s1. The number of nitrogens with zero attached hydrogens (tertiary/aromatic N) is 5. The Hall–Kier alpha value is -4.01. The number of methoxy groups -OCH3 is 2. The number of aromatic nitrogens is 1. The van der Waals surface area contributed by atoms with E-state index >= 15 is 9.18 Å². The summed E-state index contributed by atoms with van der Waals surface area (Å²) in [5, 5.41) is -0.252. The molecule has 4 aromatic rings. The molecule has 4 heterocycles. The Labute approximate surface area is 296 Å². The quantitative estimate of drug-likeness (QED) is 0.210. The third-order valence-electron chi connectivity index (χ3n) is 10.1. The second kappa shape index (κ2) is 13.6. The van der Waals surface area contributed by atoms with Gasteiger partial charge in [0.05, 0.1) is 42.1 Å². The van der Waals surface area contributed by atoms with E-state index in [0.29, 0.717) is 47.6 Å². The van der Waals surface area contributed by atoms with E-state index in [4.69, 9.17) is 25.5 Å². The molecule has 0 aliphatic carbocycles. The molecule has 1 aromatic heterocycles. The zero-order valence-corrected chi connectivity index (χ0v) is 29.7. The molecule has 2 saturated heterocycles. The zero-order chi connectivity index (χ0) is 35.2. The normalized spacial score (nSPS) is 21.9. The van der Waals surface area contributed by atoms with Crippen LogP contribution in [0.25, 0.3) is 0 Å². The predicted octanol–water partition coefficient (Wildman–Crippen LogP) is 5.44. The first-order valence-corrected chi connectivity index (χ1v) is 18.5. The van der Waals surface area contributed by atoms with Crippen LogP contribution in [0, 0.1) is 5.82 Å². The average molecular weight is 724 g/mol. The van der Waals surface area contributed by atoms with Gasteiger partial charge >= 0.3 is 0 Å². The Bertz CT molecular complexity index is 1990. The van der Waals surface area contributed by atoms with Crippen molar-refractivity contribution in [3.63, 3.8) is 0 Å². The number of piperazine rings is 1. The Kier molecular flexibility index (Phi) is 9.37. The molecule has 0 saturated carbocycles. The molecule has 14 heteroatoms. The van der Waals surface area contributed by atoms with Gasteiger partial charge in [-0.1, -0.05) is 30.7 Å². The van der Waals surface area contributed by atoms with Gasteiger partial charge in [0.2, 0.25) is 5.89 Å². The smallest absolute Gasteiger partial charge is 0.271 e. The number of anilines is 1. The van der Waals surface area contributed by atoms with E-state index in [1.165, 1.54) is 63.1 Å². The van der Waals surface area contributed by atoms with Crippen molar-refractivity contribution in [2.45, 2.75) is 42.8 Å². The fraction of sp³-hybridized carbons (Fsp3) is 0.389. The molecule has 0 spiro atoms. The molecule has 264 valence electrons. The van der Waals surface area contributed by atoms with E-state index in [0.717, 1.165) is 38.3 Å². The number of hydrogen-bond acceptors (Lipinski definition) is 10. The summed E-state index contributed by atoms with van der Waals surface area (Å²) in [7, 11) is -1.63. The first-order valence-electron chi connectivity index (χ1n) is 16.7. The van der Waals surface area contributed by atoms with Crippen LogP contribution in [0.2, 0.25) is 5.02 Å². The van der Waals surface area contributed by atoms with E-state index in [-0.39, 0.29) is 26.7 Å². The van der Waals surface area contributed by atoms with Crippen molar-refractivity contribution in [3.05, 3.63) is 100 Å². The molecule has 3 aliphatic heterocycles. The number of rotatable bonds is 10. The van der Waals surface area contributed by atoms with Crippen molar-refractivity contribution < 1.29 is 31.5 Å². The number of carbonyl (C=O) groups excluding carboxylic acids is 1. The third-order valence-corrected chi connectivity index (χ3v) is 12.1. The second-order valence-corrected chi connectivity index (χ2v) is 14.9. The molecule has 7 rings (SSSR count). The molecule has 0 radical (unpaired) electrons. The topological polar surface area (TPSA) is 109 Å². The summed E-state index contributed by atoms with van der Waals surface area (Å²) >= 11 is 6.48.